The Balaban J connectivity index is 1.47. The summed E-state index contributed by atoms with van der Waals surface area (Å²) in [6.07, 6.45) is 2.41. The molecule has 2 aromatic carbocycles. The Hall–Kier alpha value is -3.91. The van der Waals surface area contributed by atoms with Crippen LogP contribution in [-0.4, -0.2) is 30.8 Å². The van der Waals surface area contributed by atoms with Crippen LogP contribution < -0.4 is 10.3 Å². The lowest BCUT2D eigenvalue weighted by molar-refractivity contribution is 0.340. The van der Waals surface area contributed by atoms with Crippen LogP contribution in [0.25, 0.3) is 11.3 Å². The molecule has 0 bridgehead atoms. The van der Waals surface area contributed by atoms with Gasteiger partial charge in [0.15, 0.2) is 5.16 Å². The molecule has 0 aliphatic rings. The van der Waals surface area contributed by atoms with E-state index in [0.717, 1.165) is 33.5 Å². The van der Waals surface area contributed by atoms with Crippen molar-refractivity contribution >= 4 is 17.4 Å². The van der Waals surface area contributed by atoms with Gasteiger partial charge in [0.2, 0.25) is 0 Å². The predicted molar refractivity (Wildman–Crippen MR) is 138 cm³/mol. The summed E-state index contributed by atoms with van der Waals surface area (Å²) >= 11 is 1.51. The maximum absolute atomic E-state index is 12.6. The van der Waals surface area contributed by atoms with Crippen molar-refractivity contribution in [2.75, 3.05) is 6.61 Å². The zero-order chi connectivity index (χ0) is 24.2. The van der Waals surface area contributed by atoms with Gasteiger partial charge < -0.3 is 4.74 Å². The highest BCUT2D eigenvalue weighted by Gasteiger charge is 2.16. The van der Waals surface area contributed by atoms with Crippen molar-refractivity contribution < 1.29 is 4.74 Å². The van der Waals surface area contributed by atoms with Gasteiger partial charge in [0.25, 0.3) is 5.56 Å². The third-order valence-corrected chi connectivity index (χ3v) is 6.50. The average molecular weight is 484 g/mol. The summed E-state index contributed by atoms with van der Waals surface area (Å²) in [4.78, 5) is 17.3. The summed E-state index contributed by atoms with van der Waals surface area (Å²) in [7, 11) is 0. The molecule has 5 aromatic rings. The summed E-state index contributed by atoms with van der Waals surface area (Å²) in [6.45, 7) is 4.57. The number of thioether (sulfide) groups is 1. The number of ether oxygens (including phenoxy) is 1. The number of benzene rings is 2. The SMILES string of the molecule is CCOc1ccc(-n2c(Cc3ccccc3)nnc2SCc2cc(=O)n3ccc(C)cc3n2)cc1. The van der Waals surface area contributed by atoms with E-state index in [1.165, 1.54) is 11.8 Å². The lowest BCUT2D eigenvalue weighted by Crippen LogP contribution is -2.15. The monoisotopic (exact) mass is 483 g/mol. The van der Waals surface area contributed by atoms with E-state index >= 15 is 0 Å². The molecule has 3 aromatic heterocycles. The molecule has 0 spiro atoms. The molecule has 0 aliphatic heterocycles. The second kappa shape index (κ2) is 10.1. The van der Waals surface area contributed by atoms with Gasteiger partial charge in [-0.1, -0.05) is 42.1 Å². The van der Waals surface area contributed by atoms with Crippen LogP contribution in [0.5, 0.6) is 5.75 Å². The molecule has 0 fully saturated rings. The van der Waals surface area contributed by atoms with E-state index in [2.05, 4.69) is 31.9 Å². The molecular formula is C27H25N5O2S. The topological polar surface area (TPSA) is 74.3 Å². The molecule has 0 unspecified atom stereocenters. The van der Waals surface area contributed by atoms with E-state index in [-0.39, 0.29) is 5.56 Å². The minimum absolute atomic E-state index is 0.0941. The lowest BCUT2D eigenvalue weighted by Gasteiger charge is -2.12. The van der Waals surface area contributed by atoms with Crippen molar-refractivity contribution in [2.45, 2.75) is 31.2 Å². The number of rotatable bonds is 8. The van der Waals surface area contributed by atoms with Crippen molar-refractivity contribution in [1.82, 2.24) is 24.1 Å². The normalized spacial score (nSPS) is 11.1. The fourth-order valence-electron chi connectivity index (χ4n) is 3.87. The van der Waals surface area contributed by atoms with E-state index in [1.807, 2.05) is 68.4 Å². The molecule has 0 N–H and O–H groups in total. The maximum Gasteiger partial charge on any atom is 0.258 e. The molecule has 0 saturated heterocycles. The quantitative estimate of drug-likeness (QED) is 0.293. The number of hydrogen-bond acceptors (Lipinski definition) is 6. The van der Waals surface area contributed by atoms with Gasteiger partial charge in [-0.2, -0.15) is 0 Å². The highest BCUT2D eigenvalue weighted by Crippen LogP contribution is 2.27. The van der Waals surface area contributed by atoms with Crippen LogP contribution in [0.15, 0.2) is 88.9 Å². The minimum atomic E-state index is -0.0941. The van der Waals surface area contributed by atoms with Crippen molar-refractivity contribution in [1.29, 1.82) is 0 Å². The largest absolute Gasteiger partial charge is 0.494 e. The number of fused-ring (bicyclic) bond motifs is 1. The van der Waals surface area contributed by atoms with Gasteiger partial charge >= 0.3 is 0 Å². The predicted octanol–water partition coefficient (Wildman–Crippen LogP) is 4.87. The van der Waals surface area contributed by atoms with E-state index in [4.69, 9.17) is 4.74 Å². The Labute approximate surface area is 207 Å². The van der Waals surface area contributed by atoms with Crippen LogP contribution in [0.1, 0.15) is 29.6 Å². The number of hydrogen-bond donors (Lipinski definition) is 0. The highest BCUT2D eigenvalue weighted by atomic mass is 32.2. The molecule has 5 rings (SSSR count). The van der Waals surface area contributed by atoms with Crippen LogP contribution in [0, 0.1) is 6.92 Å². The van der Waals surface area contributed by atoms with Gasteiger partial charge in [0, 0.05) is 30.1 Å². The van der Waals surface area contributed by atoms with Gasteiger partial charge in [0.05, 0.1) is 12.3 Å². The fraction of sp³-hybridized carbons (Fsp3) is 0.185. The summed E-state index contributed by atoms with van der Waals surface area (Å²) < 4.78 is 9.23. The zero-order valence-electron chi connectivity index (χ0n) is 19.6. The summed E-state index contributed by atoms with van der Waals surface area (Å²) in [6, 6.07) is 23.5. The second-order valence-electron chi connectivity index (χ2n) is 8.13. The van der Waals surface area contributed by atoms with E-state index in [9.17, 15) is 4.79 Å². The van der Waals surface area contributed by atoms with Crippen LogP contribution in [-0.2, 0) is 12.2 Å². The third kappa shape index (κ3) is 5.12. The molecule has 7 nitrogen and oxygen atoms in total. The molecule has 0 radical (unpaired) electrons. The van der Waals surface area contributed by atoms with Gasteiger partial charge in [-0.15, -0.1) is 10.2 Å². The van der Waals surface area contributed by atoms with Crippen LogP contribution in [0.2, 0.25) is 0 Å². The number of pyridine rings is 1. The zero-order valence-corrected chi connectivity index (χ0v) is 20.4. The molecule has 3 heterocycles. The van der Waals surface area contributed by atoms with Crippen LogP contribution >= 0.6 is 11.8 Å². The number of nitrogens with zero attached hydrogens (tertiary/aromatic N) is 5. The Morgan fingerprint density at radius 2 is 1.77 bits per heavy atom. The summed E-state index contributed by atoms with van der Waals surface area (Å²) in [5.41, 5.74) is 4.42. The first kappa shape index (κ1) is 22.9. The standard InChI is InChI=1S/C27H25N5O2S/c1-3-34-23-11-9-22(10-12-23)32-25(16-20-7-5-4-6-8-20)29-30-27(32)35-18-21-17-26(33)31-14-13-19(2)15-24(31)28-21/h4-15,17H,3,16,18H2,1-2H3. The van der Waals surface area contributed by atoms with Crippen molar-refractivity contribution in [3.8, 4) is 11.4 Å². The molecular weight excluding hydrogens is 458 g/mol. The third-order valence-electron chi connectivity index (χ3n) is 5.54. The molecule has 0 atom stereocenters. The Morgan fingerprint density at radius 1 is 0.971 bits per heavy atom. The Kier molecular flexibility index (Phi) is 6.63. The molecule has 0 saturated carbocycles. The lowest BCUT2D eigenvalue weighted by atomic mass is 10.1. The summed E-state index contributed by atoms with van der Waals surface area (Å²) in [5, 5.41) is 9.75. The van der Waals surface area contributed by atoms with E-state index < -0.39 is 0 Å². The smallest absolute Gasteiger partial charge is 0.258 e. The molecule has 35 heavy (non-hydrogen) atoms. The van der Waals surface area contributed by atoms with Crippen LogP contribution in [0.3, 0.4) is 0 Å². The average Bonchev–Trinajstić information content (AvgIpc) is 3.26. The van der Waals surface area contributed by atoms with Gasteiger partial charge in [-0.25, -0.2) is 4.98 Å². The van der Waals surface area contributed by atoms with Gasteiger partial charge in [-0.3, -0.25) is 13.8 Å². The number of aromatic nitrogens is 5. The van der Waals surface area contributed by atoms with E-state index in [0.29, 0.717) is 30.1 Å². The number of aryl methyl sites for hydroxylation is 1. The molecule has 0 amide bonds. The Morgan fingerprint density at radius 3 is 2.54 bits per heavy atom. The first-order chi connectivity index (χ1) is 17.1. The first-order valence-corrected chi connectivity index (χ1v) is 12.4. The molecule has 8 heteroatoms. The van der Waals surface area contributed by atoms with Crippen molar-refractivity contribution in [3.63, 3.8) is 0 Å². The molecule has 0 aliphatic carbocycles. The minimum Gasteiger partial charge on any atom is -0.494 e. The van der Waals surface area contributed by atoms with Crippen LogP contribution in [0.4, 0.5) is 0 Å². The van der Waals surface area contributed by atoms with Crippen molar-refractivity contribution in [2.24, 2.45) is 0 Å². The van der Waals surface area contributed by atoms with Gasteiger partial charge in [-0.05, 0) is 61.4 Å². The van der Waals surface area contributed by atoms with E-state index in [1.54, 1.807) is 16.7 Å². The summed E-state index contributed by atoms with van der Waals surface area (Å²) in [5.74, 6) is 2.16. The Bertz CT molecular complexity index is 1510. The first-order valence-electron chi connectivity index (χ1n) is 11.4. The maximum atomic E-state index is 12.6. The second-order valence-corrected chi connectivity index (χ2v) is 9.07. The highest BCUT2D eigenvalue weighted by molar-refractivity contribution is 7.98. The molecule has 176 valence electrons. The van der Waals surface area contributed by atoms with Crippen molar-refractivity contribution in [3.05, 3.63) is 112 Å². The fourth-order valence-corrected chi connectivity index (χ4v) is 4.73. The van der Waals surface area contributed by atoms with Gasteiger partial charge in [0.1, 0.15) is 17.2 Å².